The molecule has 2 aliphatic rings. The molecular weight excluding hydrogens is 162 g/mol. The number of nitrogens with one attached hydrogen (secondary N) is 1. The quantitative estimate of drug-likeness (QED) is 0.720. The Hall–Kier alpha value is -0.0800. The topological polar surface area (TPSA) is 21.3 Å². The van der Waals surface area contributed by atoms with Gasteiger partial charge in [0.2, 0.25) is 0 Å². The van der Waals surface area contributed by atoms with E-state index in [9.17, 15) is 0 Å². The standard InChI is InChI=1S/C11H21NO/c1-9-4-2-3-5-10(9)6-12-11-7-13-8-11/h9-12H,2-8H2,1H3. The predicted octanol–water partition coefficient (Wildman–Crippen LogP) is 1.80. The molecule has 2 unspecified atom stereocenters. The summed E-state index contributed by atoms with van der Waals surface area (Å²) in [7, 11) is 0. The summed E-state index contributed by atoms with van der Waals surface area (Å²) in [5, 5.41) is 3.59. The fourth-order valence-corrected chi connectivity index (χ4v) is 2.37. The van der Waals surface area contributed by atoms with Crippen molar-refractivity contribution in [3.05, 3.63) is 0 Å². The third-order valence-electron chi connectivity index (χ3n) is 3.60. The van der Waals surface area contributed by atoms with Crippen molar-refractivity contribution < 1.29 is 4.74 Å². The Morgan fingerprint density at radius 2 is 2.00 bits per heavy atom. The minimum Gasteiger partial charge on any atom is -0.378 e. The number of hydrogen-bond donors (Lipinski definition) is 1. The van der Waals surface area contributed by atoms with Gasteiger partial charge in [-0.1, -0.05) is 26.2 Å². The summed E-state index contributed by atoms with van der Waals surface area (Å²) in [6.07, 6.45) is 5.76. The lowest BCUT2D eigenvalue weighted by Crippen LogP contribution is -2.48. The molecule has 1 saturated heterocycles. The van der Waals surface area contributed by atoms with Crippen LogP contribution in [-0.2, 0) is 4.74 Å². The van der Waals surface area contributed by atoms with Crippen LogP contribution < -0.4 is 5.32 Å². The van der Waals surface area contributed by atoms with Gasteiger partial charge in [-0.2, -0.15) is 0 Å². The van der Waals surface area contributed by atoms with Crippen LogP contribution in [0.1, 0.15) is 32.6 Å². The molecule has 1 aliphatic heterocycles. The van der Waals surface area contributed by atoms with Crippen molar-refractivity contribution >= 4 is 0 Å². The van der Waals surface area contributed by atoms with Crippen LogP contribution in [-0.4, -0.2) is 25.8 Å². The first kappa shape index (κ1) is 9.47. The van der Waals surface area contributed by atoms with Crippen molar-refractivity contribution in [1.82, 2.24) is 5.32 Å². The maximum Gasteiger partial charge on any atom is 0.0643 e. The molecule has 1 N–H and O–H groups in total. The summed E-state index contributed by atoms with van der Waals surface area (Å²) < 4.78 is 5.14. The SMILES string of the molecule is CC1CCCCC1CNC1COC1. The second-order valence-corrected chi connectivity index (χ2v) is 4.66. The molecule has 0 bridgehead atoms. The lowest BCUT2D eigenvalue weighted by atomic mass is 9.80. The van der Waals surface area contributed by atoms with Crippen molar-refractivity contribution in [2.45, 2.75) is 38.6 Å². The zero-order valence-electron chi connectivity index (χ0n) is 8.59. The fraction of sp³-hybridized carbons (Fsp3) is 1.00. The molecule has 2 fully saturated rings. The monoisotopic (exact) mass is 183 g/mol. The van der Waals surface area contributed by atoms with Crippen LogP contribution in [0.4, 0.5) is 0 Å². The summed E-state index contributed by atoms with van der Waals surface area (Å²) in [5.41, 5.74) is 0. The molecule has 0 spiro atoms. The highest BCUT2D eigenvalue weighted by Crippen LogP contribution is 2.28. The Kier molecular flexibility index (Phi) is 3.23. The molecule has 1 saturated carbocycles. The van der Waals surface area contributed by atoms with Crippen LogP contribution in [0.2, 0.25) is 0 Å². The first-order chi connectivity index (χ1) is 6.36. The van der Waals surface area contributed by atoms with Gasteiger partial charge in [0, 0.05) is 0 Å². The van der Waals surface area contributed by atoms with E-state index in [-0.39, 0.29) is 0 Å². The van der Waals surface area contributed by atoms with Gasteiger partial charge in [-0.15, -0.1) is 0 Å². The summed E-state index contributed by atoms with van der Waals surface area (Å²) in [6.45, 7) is 5.49. The lowest BCUT2D eigenvalue weighted by molar-refractivity contribution is -0.00810. The summed E-state index contributed by atoms with van der Waals surface area (Å²) in [6, 6.07) is 0.661. The van der Waals surface area contributed by atoms with Crippen LogP contribution in [0.5, 0.6) is 0 Å². The second kappa shape index (κ2) is 4.43. The van der Waals surface area contributed by atoms with Crippen molar-refractivity contribution in [3.63, 3.8) is 0 Å². The molecule has 2 rings (SSSR count). The van der Waals surface area contributed by atoms with E-state index in [0.717, 1.165) is 25.0 Å². The van der Waals surface area contributed by atoms with E-state index in [4.69, 9.17) is 4.74 Å². The molecule has 1 aliphatic carbocycles. The molecule has 0 radical (unpaired) electrons. The van der Waals surface area contributed by atoms with Crippen LogP contribution >= 0.6 is 0 Å². The largest absolute Gasteiger partial charge is 0.378 e. The minimum atomic E-state index is 0.661. The van der Waals surface area contributed by atoms with Gasteiger partial charge in [-0.3, -0.25) is 0 Å². The normalized spacial score (nSPS) is 35.8. The van der Waals surface area contributed by atoms with Crippen molar-refractivity contribution in [2.75, 3.05) is 19.8 Å². The number of rotatable bonds is 3. The molecule has 0 aromatic heterocycles. The van der Waals surface area contributed by atoms with Gasteiger partial charge >= 0.3 is 0 Å². The predicted molar refractivity (Wildman–Crippen MR) is 53.7 cm³/mol. The van der Waals surface area contributed by atoms with Crippen LogP contribution in [0, 0.1) is 11.8 Å². The van der Waals surface area contributed by atoms with Crippen molar-refractivity contribution in [2.24, 2.45) is 11.8 Å². The molecule has 1 heterocycles. The maximum absolute atomic E-state index is 5.14. The van der Waals surface area contributed by atoms with Gasteiger partial charge in [-0.05, 0) is 24.8 Å². The van der Waals surface area contributed by atoms with E-state index in [1.54, 1.807) is 0 Å². The number of ether oxygens (including phenoxy) is 1. The molecule has 2 heteroatoms. The van der Waals surface area contributed by atoms with Crippen molar-refractivity contribution in [1.29, 1.82) is 0 Å². The fourth-order valence-electron chi connectivity index (χ4n) is 2.37. The van der Waals surface area contributed by atoms with E-state index in [1.165, 1.54) is 32.2 Å². The summed E-state index contributed by atoms with van der Waals surface area (Å²) in [4.78, 5) is 0. The van der Waals surface area contributed by atoms with Gasteiger partial charge in [-0.25, -0.2) is 0 Å². The zero-order valence-corrected chi connectivity index (χ0v) is 8.59. The molecule has 2 nitrogen and oxygen atoms in total. The first-order valence-electron chi connectivity index (χ1n) is 5.67. The van der Waals surface area contributed by atoms with Crippen LogP contribution in [0.15, 0.2) is 0 Å². The van der Waals surface area contributed by atoms with Crippen molar-refractivity contribution in [3.8, 4) is 0 Å². The van der Waals surface area contributed by atoms with Gasteiger partial charge in [0.05, 0.1) is 19.3 Å². The van der Waals surface area contributed by atoms with Gasteiger partial charge in [0.1, 0.15) is 0 Å². The molecule has 0 aromatic carbocycles. The van der Waals surface area contributed by atoms with Crippen LogP contribution in [0.3, 0.4) is 0 Å². The number of hydrogen-bond acceptors (Lipinski definition) is 2. The van der Waals surface area contributed by atoms with Gasteiger partial charge in [0.15, 0.2) is 0 Å². The Morgan fingerprint density at radius 1 is 1.23 bits per heavy atom. The van der Waals surface area contributed by atoms with Crippen LogP contribution in [0.25, 0.3) is 0 Å². The molecule has 2 atom stereocenters. The average Bonchev–Trinajstić information content (AvgIpc) is 2.05. The summed E-state index contributed by atoms with van der Waals surface area (Å²) >= 11 is 0. The van der Waals surface area contributed by atoms with Gasteiger partial charge in [0.25, 0.3) is 0 Å². The summed E-state index contributed by atoms with van der Waals surface area (Å²) in [5.74, 6) is 1.86. The Labute approximate surface area is 81.0 Å². The van der Waals surface area contributed by atoms with E-state index in [1.807, 2.05) is 0 Å². The van der Waals surface area contributed by atoms with E-state index in [2.05, 4.69) is 12.2 Å². The smallest absolute Gasteiger partial charge is 0.0643 e. The highest BCUT2D eigenvalue weighted by atomic mass is 16.5. The third kappa shape index (κ3) is 2.44. The molecule has 13 heavy (non-hydrogen) atoms. The molecule has 76 valence electrons. The third-order valence-corrected chi connectivity index (χ3v) is 3.60. The Bertz CT molecular complexity index is 156. The van der Waals surface area contributed by atoms with E-state index in [0.29, 0.717) is 6.04 Å². The minimum absolute atomic E-state index is 0.661. The Morgan fingerprint density at radius 3 is 2.62 bits per heavy atom. The van der Waals surface area contributed by atoms with E-state index < -0.39 is 0 Å². The average molecular weight is 183 g/mol. The first-order valence-corrected chi connectivity index (χ1v) is 5.67. The maximum atomic E-state index is 5.14. The highest BCUT2D eigenvalue weighted by Gasteiger charge is 2.24. The molecular formula is C11H21NO. The zero-order chi connectivity index (χ0) is 9.10. The van der Waals surface area contributed by atoms with E-state index >= 15 is 0 Å². The molecule has 0 amide bonds. The van der Waals surface area contributed by atoms with Gasteiger partial charge < -0.3 is 10.1 Å². The second-order valence-electron chi connectivity index (χ2n) is 4.66. The highest BCUT2D eigenvalue weighted by molar-refractivity contribution is 4.78. The molecule has 0 aromatic rings. The lowest BCUT2D eigenvalue weighted by Gasteiger charge is -2.33. The Balaban J connectivity index is 1.66.